The van der Waals surface area contributed by atoms with Crippen molar-refractivity contribution in [1.82, 2.24) is 0 Å². The maximum atomic E-state index is 8.09. The zero-order valence-electron chi connectivity index (χ0n) is 4.76. The third-order valence-electron chi connectivity index (χ3n) is 0.521. The van der Waals surface area contributed by atoms with Crippen molar-refractivity contribution in [3.63, 3.8) is 0 Å². The van der Waals surface area contributed by atoms with E-state index in [1.807, 2.05) is 0 Å². The number of hydrogen-bond acceptors (Lipinski definition) is 1. The lowest BCUT2D eigenvalue weighted by atomic mass is 10.5. The first-order chi connectivity index (χ1) is 3.91. The summed E-state index contributed by atoms with van der Waals surface area (Å²) in [5, 5.41) is 8.09. The van der Waals surface area contributed by atoms with Crippen molar-refractivity contribution in [3.05, 3.63) is 24.5 Å². The molecule has 0 atom stereocenters. The molecule has 0 aliphatic carbocycles. The van der Waals surface area contributed by atoms with Crippen LogP contribution in [0, 0.1) is 11.8 Å². The van der Waals surface area contributed by atoms with Crippen molar-refractivity contribution < 1.29 is 5.11 Å². The summed E-state index contributed by atoms with van der Waals surface area (Å²) in [6.07, 6.45) is 5.79. The standard InChI is InChI=1S/C7H8O/c1-2-3-4-5-6-7-8/h4-8H,1H3. The molecule has 0 saturated carbocycles. The van der Waals surface area contributed by atoms with E-state index < -0.39 is 0 Å². The molecule has 0 aliphatic rings. The monoisotopic (exact) mass is 108 g/mol. The van der Waals surface area contributed by atoms with Gasteiger partial charge in [0, 0.05) is 0 Å². The molecule has 0 radical (unpaired) electrons. The fourth-order valence-electron chi connectivity index (χ4n) is 0.237. The Balaban J connectivity index is 3.45. The van der Waals surface area contributed by atoms with E-state index in [1.54, 1.807) is 19.1 Å². The molecule has 1 heteroatoms. The predicted octanol–water partition coefficient (Wildman–Crippen LogP) is 1.64. The van der Waals surface area contributed by atoms with Gasteiger partial charge in [-0.05, 0) is 19.1 Å². The van der Waals surface area contributed by atoms with Crippen molar-refractivity contribution in [2.75, 3.05) is 0 Å². The molecule has 0 unspecified atom stereocenters. The van der Waals surface area contributed by atoms with Crippen LogP contribution < -0.4 is 0 Å². The largest absolute Gasteiger partial charge is 0.516 e. The fraction of sp³-hybridized carbons (Fsp3) is 0.143. The van der Waals surface area contributed by atoms with Gasteiger partial charge in [0.1, 0.15) is 0 Å². The number of hydrogen-bond donors (Lipinski definition) is 1. The Labute approximate surface area is 49.3 Å². The molecule has 0 rings (SSSR count). The highest BCUT2D eigenvalue weighted by molar-refractivity contribution is 5.17. The lowest BCUT2D eigenvalue weighted by molar-refractivity contribution is 0.474. The van der Waals surface area contributed by atoms with Crippen molar-refractivity contribution in [1.29, 1.82) is 0 Å². The number of rotatable bonds is 1. The Morgan fingerprint density at radius 2 is 2.12 bits per heavy atom. The van der Waals surface area contributed by atoms with Crippen molar-refractivity contribution in [2.45, 2.75) is 6.92 Å². The molecule has 0 fully saturated rings. The average molecular weight is 108 g/mol. The molecule has 0 heterocycles. The van der Waals surface area contributed by atoms with Crippen LogP contribution in [-0.2, 0) is 0 Å². The van der Waals surface area contributed by atoms with Gasteiger partial charge in [-0.15, -0.1) is 5.92 Å². The molecule has 0 aliphatic heterocycles. The molecule has 0 amide bonds. The van der Waals surface area contributed by atoms with Crippen LogP contribution in [0.3, 0.4) is 0 Å². The average Bonchev–Trinajstić information content (AvgIpc) is 1.81. The molecule has 1 nitrogen and oxygen atoms in total. The van der Waals surface area contributed by atoms with Crippen LogP contribution >= 0.6 is 0 Å². The van der Waals surface area contributed by atoms with E-state index in [0.717, 1.165) is 6.26 Å². The van der Waals surface area contributed by atoms with Crippen LogP contribution in [0.25, 0.3) is 0 Å². The summed E-state index contributed by atoms with van der Waals surface area (Å²) < 4.78 is 0. The number of aliphatic hydroxyl groups is 1. The third-order valence-corrected chi connectivity index (χ3v) is 0.521. The minimum atomic E-state index is 0.966. The van der Waals surface area contributed by atoms with E-state index in [0.29, 0.717) is 0 Å². The molecule has 0 aromatic rings. The summed E-state index contributed by atoms with van der Waals surface area (Å²) in [4.78, 5) is 0. The van der Waals surface area contributed by atoms with Gasteiger partial charge in [0.25, 0.3) is 0 Å². The maximum absolute atomic E-state index is 8.09. The van der Waals surface area contributed by atoms with Crippen molar-refractivity contribution in [3.8, 4) is 11.8 Å². The van der Waals surface area contributed by atoms with Gasteiger partial charge in [-0.25, -0.2) is 0 Å². The molecule has 0 aromatic carbocycles. The van der Waals surface area contributed by atoms with Crippen LogP contribution in [0.4, 0.5) is 0 Å². The molecular weight excluding hydrogens is 100 g/mol. The van der Waals surface area contributed by atoms with Gasteiger partial charge in [0.05, 0.1) is 6.26 Å². The van der Waals surface area contributed by atoms with Gasteiger partial charge in [-0.3, -0.25) is 0 Å². The second-order valence-corrected chi connectivity index (χ2v) is 1.09. The van der Waals surface area contributed by atoms with Crippen LogP contribution in [0.15, 0.2) is 24.5 Å². The second kappa shape index (κ2) is 5.84. The lowest BCUT2D eigenvalue weighted by Crippen LogP contribution is -1.49. The molecule has 1 N–H and O–H groups in total. The first-order valence-corrected chi connectivity index (χ1v) is 2.30. The first-order valence-electron chi connectivity index (χ1n) is 2.30. The molecule has 8 heavy (non-hydrogen) atoms. The van der Waals surface area contributed by atoms with Gasteiger partial charge >= 0.3 is 0 Å². The van der Waals surface area contributed by atoms with Crippen LogP contribution in [-0.4, -0.2) is 5.11 Å². The Bertz CT molecular complexity index is 144. The lowest BCUT2D eigenvalue weighted by Gasteiger charge is -1.64. The number of allylic oxidation sites excluding steroid dienone is 3. The molecule has 0 spiro atoms. The Kier molecular flexibility index (Phi) is 4.99. The summed E-state index contributed by atoms with van der Waals surface area (Å²) in [7, 11) is 0. The highest BCUT2D eigenvalue weighted by Crippen LogP contribution is 1.70. The smallest absolute Gasteiger partial charge is 0.0791 e. The van der Waals surface area contributed by atoms with Gasteiger partial charge in [-0.1, -0.05) is 12.0 Å². The van der Waals surface area contributed by atoms with Gasteiger partial charge in [-0.2, -0.15) is 0 Å². The summed E-state index contributed by atoms with van der Waals surface area (Å²) in [6.45, 7) is 1.76. The Morgan fingerprint density at radius 1 is 1.38 bits per heavy atom. The SMILES string of the molecule is CC#CC=CC=CO. The van der Waals surface area contributed by atoms with Crippen LogP contribution in [0.1, 0.15) is 6.92 Å². The zero-order chi connectivity index (χ0) is 6.24. The maximum Gasteiger partial charge on any atom is 0.0791 e. The quantitative estimate of drug-likeness (QED) is 0.307. The minimum absolute atomic E-state index is 0.966. The van der Waals surface area contributed by atoms with Crippen molar-refractivity contribution >= 4 is 0 Å². The van der Waals surface area contributed by atoms with E-state index >= 15 is 0 Å². The minimum Gasteiger partial charge on any atom is -0.516 e. The highest BCUT2D eigenvalue weighted by atomic mass is 16.2. The predicted molar refractivity (Wildman–Crippen MR) is 34.4 cm³/mol. The molecular formula is C7H8O. The summed E-state index contributed by atoms with van der Waals surface area (Å²) in [6, 6.07) is 0. The molecule has 0 aromatic heterocycles. The second-order valence-electron chi connectivity index (χ2n) is 1.09. The van der Waals surface area contributed by atoms with Gasteiger partial charge in [0.2, 0.25) is 0 Å². The van der Waals surface area contributed by atoms with Crippen LogP contribution in [0.2, 0.25) is 0 Å². The van der Waals surface area contributed by atoms with Crippen molar-refractivity contribution in [2.24, 2.45) is 0 Å². The van der Waals surface area contributed by atoms with Gasteiger partial charge < -0.3 is 5.11 Å². The molecule has 0 bridgehead atoms. The zero-order valence-corrected chi connectivity index (χ0v) is 4.76. The van der Waals surface area contributed by atoms with E-state index in [1.165, 1.54) is 6.08 Å². The van der Waals surface area contributed by atoms with E-state index in [2.05, 4.69) is 11.8 Å². The fourth-order valence-corrected chi connectivity index (χ4v) is 0.237. The third kappa shape index (κ3) is 4.84. The van der Waals surface area contributed by atoms with E-state index in [9.17, 15) is 0 Å². The normalized spacial score (nSPS) is 9.62. The summed E-state index contributed by atoms with van der Waals surface area (Å²) in [5.74, 6) is 5.36. The molecule has 42 valence electrons. The van der Waals surface area contributed by atoms with E-state index in [-0.39, 0.29) is 0 Å². The highest BCUT2D eigenvalue weighted by Gasteiger charge is 1.55. The summed E-state index contributed by atoms with van der Waals surface area (Å²) in [5.41, 5.74) is 0. The first kappa shape index (κ1) is 6.84. The topological polar surface area (TPSA) is 20.2 Å². The summed E-state index contributed by atoms with van der Waals surface area (Å²) >= 11 is 0. The Hall–Kier alpha value is -1.16. The Morgan fingerprint density at radius 3 is 2.62 bits per heavy atom. The number of aliphatic hydroxyl groups excluding tert-OH is 1. The molecule has 0 saturated heterocycles. The van der Waals surface area contributed by atoms with E-state index in [4.69, 9.17) is 5.11 Å². The van der Waals surface area contributed by atoms with Gasteiger partial charge in [0.15, 0.2) is 0 Å². The van der Waals surface area contributed by atoms with Crippen LogP contribution in [0.5, 0.6) is 0 Å².